The molecule has 0 radical (unpaired) electrons. The second-order valence-electron chi connectivity index (χ2n) is 7.47. The van der Waals surface area contributed by atoms with Crippen LogP contribution in [0.25, 0.3) is 0 Å². The first-order valence-electron chi connectivity index (χ1n) is 7.28. The highest BCUT2D eigenvalue weighted by Crippen LogP contribution is 2.40. The van der Waals surface area contributed by atoms with Gasteiger partial charge in [-0.15, -0.1) is 0 Å². The third-order valence-electron chi connectivity index (χ3n) is 2.89. The molecule has 1 saturated heterocycles. The molecule has 2 aliphatic rings. The highest BCUT2D eigenvalue weighted by Gasteiger charge is 2.31. The van der Waals surface area contributed by atoms with Gasteiger partial charge in [-0.1, -0.05) is 47.6 Å². The van der Waals surface area contributed by atoms with E-state index in [0.29, 0.717) is 22.4 Å². The Bertz CT molecular complexity index is 594. The minimum absolute atomic E-state index is 0.0652. The van der Waals surface area contributed by atoms with Crippen LogP contribution >= 0.6 is 20.3 Å². The maximum Gasteiger partial charge on any atom is 0.290 e. The van der Waals surface area contributed by atoms with Crippen molar-refractivity contribution < 1.29 is 19.5 Å². The van der Waals surface area contributed by atoms with E-state index in [-0.39, 0.29) is 36.1 Å². The molecule has 0 spiro atoms. The number of nitrogens with one attached hydrogen (secondary N) is 1. The summed E-state index contributed by atoms with van der Waals surface area (Å²) < 4.78 is 0. The Morgan fingerprint density at radius 1 is 1.13 bits per heavy atom. The molecule has 2 heterocycles. The van der Waals surface area contributed by atoms with Gasteiger partial charge in [-0.25, -0.2) is 0 Å². The van der Waals surface area contributed by atoms with Gasteiger partial charge in [0.2, 0.25) is 0 Å². The van der Waals surface area contributed by atoms with Crippen LogP contribution in [0.2, 0.25) is 0 Å². The van der Waals surface area contributed by atoms with E-state index in [1.165, 1.54) is 0 Å². The van der Waals surface area contributed by atoms with Gasteiger partial charge in [0.25, 0.3) is 11.1 Å². The molecule has 2 amide bonds. The number of aliphatic hydroxyl groups excluding tert-OH is 1. The average Bonchev–Trinajstić information content (AvgIpc) is 2.80. The van der Waals surface area contributed by atoms with Crippen LogP contribution in [0.5, 0.6) is 0 Å². The fraction of sp³-hybridized carbons (Fsp3) is 0.562. The van der Waals surface area contributed by atoms with Gasteiger partial charge in [-0.3, -0.25) is 19.7 Å². The monoisotopic (exact) mass is 357 g/mol. The van der Waals surface area contributed by atoms with E-state index >= 15 is 0 Å². The molecule has 0 aromatic carbocycles. The number of hydrogen-bond acceptors (Lipinski definition) is 5. The molecule has 23 heavy (non-hydrogen) atoms. The molecule has 0 aromatic rings. The molecule has 128 valence electrons. The number of imide groups is 1. The van der Waals surface area contributed by atoms with Crippen LogP contribution in [-0.2, 0) is 9.59 Å². The zero-order chi connectivity index (χ0) is 18.0. The summed E-state index contributed by atoms with van der Waals surface area (Å²) in [5.41, 5.74) is 0.514. The summed E-state index contributed by atoms with van der Waals surface area (Å²) in [4.78, 5) is 33.5. The molecule has 5 nitrogen and oxygen atoms in total. The van der Waals surface area contributed by atoms with Crippen molar-refractivity contribution in [2.45, 2.75) is 41.5 Å². The molecule has 2 N–H and O–H groups in total. The summed E-state index contributed by atoms with van der Waals surface area (Å²) in [6, 6.07) is 0. The zero-order valence-corrected chi connectivity index (χ0v) is 16.2. The van der Waals surface area contributed by atoms with Crippen LogP contribution in [0.3, 0.4) is 0 Å². The van der Waals surface area contributed by atoms with E-state index in [0.717, 1.165) is 11.8 Å². The number of rotatable bonds is 0. The van der Waals surface area contributed by atoms with Crippen molar-refractivity contribution >= 4 is 37.0 Å². The predicted molar refractivity (Wildman–Crippen MR) is 96.0 cm³/mol. The van der Waals surface area contributed by atoms with E-state index in [1.807, 2.05) is 41.5 Å². The van der Waals surface area contributed by atoms with Crippen LogP contribution in [0.4, 0.5) is 4.79 Å². The molecule has 7 heteroatoms. The topological polar surface area (TPSA) is 83.5 Å². The van der Waals surface area contributed by atoms with Gasteiger partial charge in [-0.05, 0) is 31.2 Å². The maximum atomic E-state index is 11.2. The Hall–Kier alpha value is -1.13. The minimum atomic E-state index is -0.282. The van der Waals surface area contributed by atoms with Gasteiger partial charge < -0.3 is 5.11 Å². The summed E-state index contributed by atoms with van der Waals surface area (Å²) in [6.07, 6.45) is 2.36. The SMILES string of the molecule is CC(C)(C)C1=C(O)CPC1=O.CC(C)(C)C=C1SC(=O)NC1=O. The molecular weight excluding hydrogens is 333 g/mol. The number of carbonyl (C=O) groups is 3. The first kappa shape index (κ1) is 19.9. The van der Waals surface area contributed by atoms with Gasteiger partial charge in [-0.2, -0.15) is 0 Å². The summed E-state index contributed by atoms with van der Waals surface area (Å²) in [5.74, 6) is 0.0285. The Morgan fingerprint density at radius 2 is 1.70 bits per heavy atom. The number of hydrogen-bond donors (Lipinski definition) is 2. The first-order chi connectivity index (χ1) is 10.3. The fourth-order valence-corrected chi connectivity index (χ4v) is 4.16. The number of allylic oxidation sites excluding steroid dienone is 3. The van der Waals surface area contributed by atoms with Gasteiger partial charge in [0.1, 0.15) is 5.76 Å². The van der Waals surface area contributed by atoms with E-state index in [4.69, 9.17) is 0 Å². The van der Waals surface area contributed by atoms with E-state index in [9.17, 15) is 19.5 Å². The Balaban J connectivity index is 0.000000231. The summed E-state index contributed by atoms with van der Waals surface area (Å²) in [7, 11) is 0.254. The second-order valence-corrected chi connectivity index (χ2v) is 9.65. The van der Waals surface area contributed by atoms with Gasteiger partial charge in [0, 0.05) is 11.7 Å². The molecule has 0 aliphatic carbocycles. The van der Waals surface area contributed by atoms with Gasteiger partial charge in [0.15, 0.2) is 5.52 Å². The minimum Gasteiger partial charge on any atom is -0.511 e. The highest BCUT2D eigenvalue weighted by atomic mass is 32.2. The molecule has 0 bridgehead atoms. The molecule has 2 rings (SSSR count). The molecule has 0 aromatic heterocycles. The summed E-state index contributed by atoms with van der Waals surface area (Å²) in [6.45, 7) is 11.8. The quantitative estimate of drug-likeness (QED) is 0.506. The number of aliphatic hydroxyl groups is 1. The van der Waals surface area contributed by atoms with Crippen molar-refractivity contribution in [3.8, 4) is 0 Å². The maximum absolute atomic E-state index is 11.2. The van der Waals surface area contributed by atoms with Crippen LogP contribution in [0.15, 0.2) is 22.3 Å². The van der Waals surface area contributed by atoms with Crippen LogP contribution in [0.1, 0.15) is 41.5 Å². The molecule has 1 unspecified atom stereocenters. The lowest BCUT2D eigenvalue weighted by Gasteiger charge is -2.18. The summed E-state index contributed by atoms with van der Waals surface area (Å²) in [5, 5.41) is 11.3. The van der Waals surface area contributed by atoms with Crippen molar-refractivity contribution in [2.75, 3.05) is 6.16 Å². The van der Waals surface area contributed by atoms with Crippen LogP contribution < -0.4 is 5.32 Å². The van der Waals surface area contributed by atoms with Gasteiger partial charge >= 0.3 is 0 Å². The van der Waals surface area contributed by atoms with Crippen molar-refractivity contribution in [2.24, 2.45) is 10.8 Å². The third-order valence-corrected chi connectivity index (χ3v) is 4.78. The van der Waals surface area contributed by atoms with Crippen LogP contribution in [-0.4, -0.2) is 27.9 Å². The smallest absolute Gasteiger partial charge is 0.290 e. The number of thioether (sulfide) groups is 1. The van der Waals surface area contributed by atoms with Crippen molar-refractivity contribution in [1.82, 2.24) is 5.32 Å². The predicted octanol–water partition coefficient (Wildman–Crippen LogP) is 3.96. The Kier molecular flexibility index (Phi) is 6.22. The molecular formula is C16H24NO4PS. The Morgan fingerprint density at radius 3 is 1.96 bits per heavy atom. The summed E-state index contributed by atoms with van der Waals surface area (Å²) >= 11 is 0.962. The Labute approximate surface area is 143 Å². The fourth-order valence-electron chi connectivity index (χ4n) is 2.06. The van der Waals surface area contributed by atoms with Gasteiger partial charge in [0.05, 0.1) is 4.91 Å². The van der Waals surface area contributed by atoms with E-state index in [1.54, 1.807) is 6.08 Å². The second kappa shape index (κ2) is 7.18. The lowest BCUT2D eigenvalue weighted by molar-refractivity contribution is -0.115. The molecule has 1 atom stereocenters. The number of carbonyl (C=O) groups excluding carboxylic acids is 3. The number of amides is 2. The lowest BCUT2D eigenvalue weighted by atomic mass is 9.86. The molecule has 0 saturated carbocycles. The standard InChI is InChI=1S/C8H11NO2S.C8H13O2P/c1-8(2,3)4-5-6(10)9-7(11)12-5;1-8(2,3)6-5(9)4-11-7(6)10/h4H,1-3H3,(H,9,10,11);9,11H,4H2,1-3H3. The molecule has 1 fully saturated rings. The largest absolute Gasteiger partial charge is 0.511 e. The highest BCUT2D eigenvalue weighted by molar-refractivity contribution is 8.18. The van der Waals surface area contributed by atoms with E-state index in [2.05, 4.69) is 5.32 Å². The molecule has 2 aliphatic heterocycles. The van der Waals surface area contributed by atoms with Crippen molar-refractivity contribution in [3.63, 3.8) is 0 Å². The first-order valence-corrected chi connectivity index (χ1v) is 9.30. The van der Waals surface area contributed by atoms with Crippen LogP contribution in [0, 0.1) is 10.8 Å². The van der Waals surface area contributed by atoms with Crippen molar-refractivity contribution in [3.05, 3.63) is 22.3 Å². The normalized spacial score (nSPS) is 21.8. The average molecular weight is 357 g/mol. The van der Waals surface area contributed by atoms with Crippen molar-refractivity contribution in [1.29, 1.82) is 0 Å². The third kappa shape index (κ3) is 6.11. The lowest BCUT2D eigenvalue weighted by Crippen LogP contribution is -2.18. The van der Waals surface area contributed by atoms with E-state index < -0.39 is 0 Å². The zero-order valence-electron chi connectivity index (χ0n) is 14.4.